The second-order valence-electron chi connectivity index (χ2n) is 4.14. The molecule has 1 heteroatoms. The Hall–Kier alpha value is -0.0400. The summed E-state index contributed by atoms with van der Waals surface area (Å²) < 4.78 is 0. The first-order valence-electron chi connectivity index (χ1n) is 4.56. The predicted octanol–water partition coefficient (Wildman–Crippen LogP) is 1.93. The topological polar surface area (TPSA) is 12.0 Å². The van der Waals surface area contributed by atoms with Crippen LogP contribution in [0.25, 0.3) is 0 Å². The first-order valence-corrected chi connectivity index (χ1v) is 4.56. The van der Waals surface area contributed by atoms with E-state index in [2.05, 4.69) is 12.2 Å². The van der Waals surface area contributed by atoms with Crippen LogP contribution in [0.15, 0.2) is 0 Å². The standard InChI is InChI=1S/C9H17N/c1-8-2-4-9(5-3-8)6-7-10-9/h8,10H,2-7H2,1H3. The normalized spacial score (nSPS) is 47.1. The third kappa shape index (κ3) is 0.968. The third-order valence-electron chi connectivity index (χ3n) is 3.33. The van der Waals surface area contributed by atoms with Gasteiger partial charge in [-0.1, -0.05) is 6.92 Å². The minimum atomic E-state index is 0.631. The zero-order chi connectivity index (χ0) is 7.03. The van der Waals surface area contributed by atoms with Crippen LogP contribution in [0.4, 0.5) is 0 Å². The van der Waals surface area contributed by atoms with E-state index in [0.29, 0.717) is 5.54 Å². The van der Waals surface area contributed by atoms with Gasteiger partial charge >= 0.3 is 0 Å². The van der Waals surface area contributed by atoms with Crippen LogP contribution in [0.1, 0.15) is 39.0 Å². The van der Waals surface area contributed by atoms with Crippen molar-refractivity contribution < 1.29 is 0 Å². The monoisotopic (exact) mass is 139 g/mol. The Kier molecular flexibility index (Phi) is 1.48. The molecule has 2 fully saturated rings. The molecule has 0 amide bonds. The van der Waals surface area contributed by atoms with Crippen molar-refractivity contribution in [1.29, 1.82) is 0 Å². The first-order chi connectivity index (χ1) is 4.81. The van der Waals surface area contributed by atoms with E-state index >= 15 is 0 Å². The van der Waals surface area contributed by atoms with E-state index < -0.39 is 0 Å². The summed E-state index contributed by atoms with van der Waals surface area (Å²) in [4.78, 5) is 0. The number of hydrogen-bond donors (Lipinski definition) is 1. The average molecular weight is 139 g/mol. The van der Waals surface area contributed by atoms with Gasteiger partial charge in [0.1, 0.15) is 0 Å². The molecule has 1 saturated heterocycles. The van der Waals surface area contributed by atoms with Crippen LogP contribution in [0.3, 0.4) is 0 Å². The Labute approximate surface area is 63.2 Å². The number of nitrogens with one attached hydrogen (secondary N) is 1. The zero-order valence-corrected chi connectivity index (χ0v) is 6.82. The highest BCUT2D eigenvalue weighted by Crippen LogP contribution is 2.37. The minimum absolute atomic E-state index is 0.631. The van der Waals surface area contributed by atoms with E-state index in [0.717, 1.165) is 5.92 Å². The van der Waals surface area contributed by atoms with Crippen LogP contribution in [-0.2, 0) is 0 Å². The number of rotatable bonds is 0. The van der Waals surface area contributed by atoms with Gasteiger partial charge in [0.05, 0.1) is 0 Å². The van der Waals surface area contributed by atoms with Crippen molar-refractivity contribution >= 4 is 0 Å². The maximum Gasteiger partial charge on any atom is 0.0193 e. The zero-order valence-electron chi connectivity index (χ0n) is 6.82. The Balaban J connectivity index is 1.90. The van der Waals surface area contributed by atoms with Crippen LogP contribution >= 0.6 is 0 Å². The van der Waals surface area contributed by atoms with Gasteiger partial charge in [0.15, 0.2) is 0 Å². The lowest BCUT2D eigenvalue weighted by atomic mass is 9.72. The molecule has 58 valence electrons. The van der Waals surface area contributed by atoms with Crippen molar-refractivity contribution in [2.24, 2.45) is 5.92 Å². The van der Waals surface area contributed by atoms with E-state index in [-0.39, 0.29) is 0 Å². The molecule has 0 aromatic carbocycles. The summed E-state index contributed by atoms with van der Waals surface area (Å²) in [5.41, 5.74) is 0.631. The second kappa shape index (κ2) is 2.23. The molecular weight excluding hydrogens is 122 g/mol. The van der Waals surface area contributed by atoms with Gasteiger partial charge in [0.25, 0.3) is 0 Å². The number of hydrogen-bond acceptors (Lipinski definition) is 1. The highest BCUT2D eigenvalue weighted by molar-refractivity contribution is 4.98. The molecule has 0 aromatic rings. The average Bonchev–Trinajstić information content (AvgIpc) is 1.86. The summed E-state index contributed by atoms with van der Waals surface area (Å²) in [5.74, 6) is 0.994. The Bertz CT molecular complexity index is 117. The Morgan fingerprint density at radius 2 is 1.80 bits per heavy atom. The van der Waals surface area contributed by atoms with Gasteiger partial charge in [-0.3, -0.25) is 0 Å². The largest absolute Gasteiger partial charge is 0.311 e. The molecule has 0 unspecified atom stereocenters. The van der Waals surface area contributed by atoms with Crippen molar-refractivity contribution in [3.8, 4) is 0 Å². The molecule has 1 aliphatic carbocycles. The Morgan fingerprint density at radius 1 is 1.20 bits per heavy atom. The molecule has 1 N–H and O–H groups in total. The van der Waals surface area contributed by atoms with Gasteiger partial charge in [0.2, 0.25) is 0 Å². The highest BCUT2D eigenvalue weighted by Gasteiger charge is 2.38. The van der Waals surface area contributed by atoms with Gasteiger partial charge in [-0.2, -0.15) is 0 Å². The molecular formula is C9H17N. The van der Waals surface area contributed by atoms with Crippen LogP contribution < -0.4 is 5.32 Å². The summed E-state index contributed by atoms with van der Waals surface area (Å²) in [5, 5.41) is 3.58. The lowest BCUT2D eigenvalue weighted by Crippen LogP contribution is -2.58. The Morgan fingerprint density at radius 3 is 2.20 bits per heavy atom. The minimum Gasteiger partial charge on any atom is -0.311 e. The second-order valence-corrected chi connectivity index (χ2v) is 4.14. The summed E-state index contributed by atoms with van der Waals surface area (Å²) in [6, 6.07) is 0. The molecule has 1 heterocycles. The van der Waals surface area contributed by atoms with Gasteiger partial charge in [-0.05, 0) is 44.6 Å². The predicted molar refractivity (Wildman–Crippen MR) is 43.0 cm³/mol. The summed E-state index contributed by atoms with van der Waals surface area (Å²) in [7, 11) is 0. The van der Waals surface area contributed by atoms with E-state index in [4.69, 9.17) is 0 Å². The molecule has 10 heavy (non-hydrogen) atoms. The smallest absolute Gasteiger partial charge is 0.0193 e. The van der Waals surface area contributed by atoms with Crippen molar-refractivity contribution in [2.45, 2.75) is 44.6 Å². The van der Waals surface area contributed by atoms with Crippen LogP contribution in [0.5, 0.6) is 0 Å². The highest BCUT2D eigenvalue weighted by atomic mass is 15.0. The maximum atomic E-state index is 3.58. The van der Waals surface area contributed by atoms with Crippen LogP contribution in [-0.4, -0.2) is 12.1 Å². The lowest BCUT2D eigenvalue weighted by molar-refractivity contribution is 0.122. The molecule has 2 rings (SSSR count). The van der Waals surface area contributed by atoms with Gasteiger partial charge in [-0.25, -0.2) is 0 Å². The van der Waals surface area contributed by atoms with Crippen molar-refractivity contribution in [2.75, 3.05) is 6.54 Å². The fraction of sp³-hybridized carbons (Fsp3) is 1.00. The van der Waals surface area contributed by atoms with Crippen molar-refractivity contribution in [1.82, 2.24) is 5.32 Å². The summed E-state index contributed by atoms with van der Waals surface area (Å²) in [6.07, 6.45) is 7.22. The third-order valence-corrected chi connectivity index (χ3v) is 3.33. The molecule has 0 bridgehead atoms. The fourth-order valence-electron chi connectivity index (χ4n) is 2.22. The van der Waals surface area contributed by atoms with Crippen LogP contribution in [0, 0.1) is 5.92 Å². The molecule has 0 aromatic heterocycles. The van der Waals surface area contributed by atoms with Gasteiger partial charge in [0, 0.05) is 5.54 Å². The van der Waals surface area contributed by atoms with Gasteiger partial charge < -0.3 is 5.32 Å². The molecule has 1 nitrogen and oxygen atoms in total. The van der Waals surface area contributed by atoms with E-state index in [1.807, 2.05) is 0 Å². The molecule has 1 spiro atoms. The van der Waals surface area contributed by atoms with E-state index in [1.54, 1.807) is 0 Å². The first kappa shape index (κ1) is 6.66. The summed E-state index contributed by atoms with van der Waals surface area (Å²) in [6.45, 7) is 3.65. The maximum absolute atomic E-state index is 3.58. The van der Waals surface area contributed by atoms with Crippen molar-refractivity contribution in [3.05, 3.63) is 0 Å². The molecule has 1 aliphatic heterocycles. The van der Waals surface area contributed by atoms with Gasteiger partial charge in [-0.15, -0.1) is 0 Å². The molecule has 0 radical (unpaired) electrons. The van der Waals surface area contributed by atoms with Crippen LogP contribution in [0.2, 0.25) is 0 Å². The molecule has 1 saturated carbocycles. The van der Waals surface area contributed by atoms with E-state index in [9.17, 15) is 0 Å². The van der Waals surface area contributed by atoms with E-state index in [1.165, 1.54) is 38.6 Å². The SMILES string of the molecule is CC1CCC2(CCN2)CC1. The lowest BCUT2D eigenvalue weighted by Gasteiger charge is -2.47. The van der Waals surface area contributed by atoms with Crippen molar-refractivity contribution in [3.63, 3.8) is 0 Å². The molecule has 0 atom stereocenters. The molecule has 2 aliphatic rings. The quantitative estimate of drug-likeness (QED) is 0.540. The summed E-state index contributed by atoms with van der Waals surface area (Å²) >= 11 is 0. The fourth-order valence-corrected chi connectivity index (χ4v) is 2.22.